The van der Waals surface area contributed by atoms with Gasteiger partial charge in [0, 0.05) is 24.5 Å². The van der Waals surface area contributed by atoms with Crippen LogP contribution in [0.1, 0.15) is 18.9 Å². The summed E-state index contributed by atoms with van der Waals surface area (Å²) in [6.07, 6.45) is 4.80. The second-order valence-electron chi connectivity index (χ2n) is 4.49. The first-order valence-corrected chi connectivity index (χ1v) is 6.65. The van der Waals surface area contributed by atoms with E-state index in [0.717, 1.165) is 36.4 Å². The normalized spacial score (nSPS) is 10.4. The Bertz CT molecular complexity index is 508. The summed E-state index contributed by atoms with van der Waals surface area (Å²) in [5.41, 5.74) is 3.48. The molecule has 0 saturated heterocycles. The Kier molecular flexibility index (Phi) is 4.93. The fourth-order valence-corrected chi connectivity index (χ4v) is 1.91. The third-order valence-electron chi connectivity index (χ3n) is 2.84. The molecule has 0 spiro atoms. The molecule has 2 aromatic rings. The number of aromatic nitrogens is 1. The molecule has 19 heavy (non-hydrogen) atoms. The van der Waals surface area contributed by atoms with E-state index in [1.807, 2.05) is 31.6 Å². The maximum Gasteiger partial charge on any atom is 0.119 e. The second-order valence-corrected chi connectivity index (χ2v) is 4.49. The van der Waals surface area contributed by atoms with Gasteiger partial charge in [0.2, 0.25) is 0 Å². The maximum absolute atomic E-state index is 5.58. The number of hydrogen-bond acceptors (Lipinski definition) is 3. The predicted octanol–water partition coefficient (Wildman–Crippen LogP) is 3.26. The van der Waals surface area contributed by atoms with Gasteiger partial charge in [-0.1, -0.05) is 19.1 Å². The molecule has 3 heteroatoms. The lowest BCUT2D eigenvalue weighted by molar-refractivity contribution is 0.317. The van der Waals surface area contributed by atoms with Gasteiger partial charge in [0.25, 0.3) is 0 Å². The van der Waals surface area contributed by atoms with Crippen LogP contribution in [0.25, 0.3) is 11.1 Å². The molecule has 0 saturated carbocycles. The largest absolute Gasteiger partial charge is 0.494 e. The Hall–Kier alpha value is -1.87. The number of nitrogens with one attached hydrogen (secondary N) is 1. The van der Waals surface area contributed by atoms with E-state index < -0.39 is 0 Å². The Morgan fingerprint density at radius 2 is 1.89 bits per heavy atom. The summed E-state index contributed by atoms with van der Waals surface area (Å²) in [6.45, 7) is 3.70. The summed E-state index contributed by atoms with van der Waals surface area (Å²) in [4.78, 5) is 4.28. The molecule has 100 valence electrons. The van der Waals surface area contributed by atoms with Crippen LogP contribution in [0, 0.1) is 0 Å². The number of pyridine rings is 1. The Morgan fingerprint density at radius 3 is 2.58 bits per heavy atom. The van der Waals surface area contributed by atoms with Crippen molar-refractivity contribution in [1.82, 2.24) is 10.3 Å². The highest BCUT2D eigenvalue weighted by Gasteiger charge is 2.01. The first-order valence-electron chi connectivity index (χ1n) is 6.65. The molecule has 1 N–H and O–H groups in total. The quantitative estimate of drug-likeness (QED) is 0.861. The zero-order valence-corrected chi connectivity index (χ0v) is 11.5. The second kappa shape index (κ2) is 6.90. The molecule has 0 bridgehead atoms. The summed E-state index contributed by atoms with van der Waals surface area (Å²) in [6, 6.07) is 10.3. The monoisotopic (exact) mass is 256 g/mol. The first kappa shape index (κ1) is 13.6. The van der Waals surface area contributed by atoms with Gasteiger partial charge in [-0.15, -0.1) is 0 Å². The van der Waals surface area contributed by atoms with E-state index in [1.54, 1.807) is 0 Å². The van der Waals surface area contributed by atoms with Crippen molar-refractivity contribution in [3.05, 3.63) is 48.3 Å². The van der Waals surface area contributed by atoms with Gasteiger partial charge in [-0.05, 0) is 42.8 Å². The van der Waals surface area contributed by atoms with E-state index in [-0.39, 0.29) is 0 Å². The Morgan fingerprint density at radius 1 is 1.11 bits per heavy atom. The van der Waals surface area contributed by atoms with Crippen molar-refractivity contribution < 1.29 is 4.74 Å². The van der Waals surface area contributed by atoms with E-state index in [1.165, 1.54) is 5.56 Å². The van der Waals surface area contributed by atoms with Gasteiger partial charge in [0.05, 0.1) is 6.61 Å². The standard InChI is InChI=1S/C16H20N2O/c1-3-8-19-16-6-4-14(5-7-16)15-9-13(10-17-2)11-18-12-15/h4-7,9,11-12,17H,3,8,10H2,1-2H3. The summed E-state index contributed by atoms with van der Waals surface area (Å²) in [7, 11) is 1.94. The van der Waals surface area contributed by atoms with Crippen LogP contribution in [-0.4, -0.2) is 18.6 Å². The molecular weight excluding hydrogens is 236 g/mol. The predicted molar refractivity (Wildman–Crippen MR) is 78.2 cm³/mol. The van der Waals surface area contributed by atoms with E-state index in [9.17, 15) is 0 Å². The van der Waals surface area contributed by atoms with E-state index in [2.05, 4.69) is 35.4 Å². The first-order chi connectivity index (χ1) is 9.33. The average Bonchev–Trinajstić information content (AvgIpc) is 2.46. The van der Waals surface area contributed by atoms with Crippen LogP contribution in [-0.2, 0) is 6.54 Å². The third kappa shape index (κ3) is 3.80. The lowest BCUT2D eigenvalue weighted by Gasteiger charge is -2.07. The van der Waals surface area contributed by atoms with Gasteiger partial charge >= 0.3 is 0 Å². The van der Waals surface area contributed by atoms with Crippen LogP contribution in [0.5, 0.6) is 5.75 Å². The Balaban J connectivity index is 2.14. The van der Waals surface area contributed by atoms with Crippen LogP contribution in [0.15, 0.2) is 42.7 Å². The molecule has 0 aliphatic heterocycles. The summed E-state index contributed by atoms with van der Waals surface area (Å²) in [5.74, 6) is 0.921. The molecule has 0 radical (unpaired) electrons. The van der Waals surface area contributed by atoms with Crippen molar-refractivity contribution in [1.29, 1.82) is 0 Å². The molecule has 1 aromatic carbocycles. The molecule has 1 aromatic heterocycles. The van der Waals surface area contributed by atoms with Crippen molar-refractivity contribution in [2.75, 3.05) is 13.7 Å². The van der Waals surface area contributed by atoms with E-state index in [0.29, 0.717) is 0 Å². The van der Waals surface area contributed by atoms with Crippen molar-refractivity contribution in [2.24, 2.45) is 0 Å². The van der Waals surface area contributed by atoms with Gasteiger partial charge in [0.15, 0.2) is 0 Å². The van der Waals surface area contributed by atoms with Crippen LogP contribution in [0.3, 0.4) is 0 Å². The van der Waals surface area contributed by atoms with Crippen LogP contribution in [0.4, 0.5) is 0 Å². The molecule has 0 aliphatic rings. The number of nitrogens with zero attached hydrogens (tertiary/aromatic N) is 1. The summed E-state index contributed by atoms with van der Waals surface area (Å²) < 4.78 is 5.58. The average molecular weight is 256 g/mol. The fourth-order valence-electron chi connectivity index (χ4n) is 1.91. The summed E-state index contributed by atoms with van der Waals surface area (Å²) in [5, 5.41) is 3.13. The minimum absolute atomic E-state index is 0.762. The fraction of sp³-hybridized carbons (Fsp3) is 0.312. The minimum atomic E-state index is 0.762. The number of benzene rings is 1. The highest BCUT2D eigenvalue weighted by molar-refractivity contribution is 5.63. The van der Waals surface area contributed by atoms with Crippen LogP contribution >= 0.6 is 0 Å². The third-order valence-corrected chi connectivity index (χ3v) is 2.84. The maximum atomic E-state index is 5.58. The minimum Gasteiger partial charge on any atom is -0.494 e. The van der Waals surface area contributed by atoms with Gasteiger partial charge in [-0.3, -0.25) is 4.98 Å². The zero-order chi connectivity index (χ0) is 13.5. The summed E-state index contributed by atoms with van der Waals surface area (Å²) >= 11 is 0. The highest BCUT2D eigenvalue weighted by atomic mass is 16.5. The van der Waals surface area contributed by atoms with Gasteiger partial charge < -0.3 is 10.1 Å². The van der Waals surface area contributed by atoms with Crippen molar-refractivity contribution in [2.45, 2.75) is 19.9 Å². The zero-order valence-electron chi connectivity index (χ0n) is 11.5. The Labute approximate surface area is 114 Å². The number of ether oxygens (including phenoxy) is 1. The molecule has 0 atom stereocenters. The lowest BCUT2D eigenvalue weighted by atomic mass is 10.1. The molecule has 0 fully saturated rings. The topological polar surface area (TPSA) is 34.1 Å². The number of rotatable bonds is 6. The highest BCUT2D eigenvalue weighted by Crippen LogP contribution is 2.22. The van der Waals surface area contributed by atoms with Gasteiger partial charge in [-0.25, -0.2) is 0 Å². The smallest absolute Gasteiger partial charge is 0.119 e. The molecular formula is C16H20N2O. The van der Waals surface area contributed by atoms with Crippen LogP contribution < -0.4 is 10.1 Å². The van der Waals surface area contributed by atoms with Gasteiger partial charge in [-0.2, -0.15) is 0 Å². The molecule has 3 nitrogen and oxygen atoms in total. The van der Waals surface area contributed by atoms with Crippen molar-refractivity contribution in [3.63, 3.8) is 0 Å². The SMILES string of the molecule is CCCOc1ccc(-c2cncc(CNC)c2)cc1. The van der Waals surface area contributed by atoms with Gasteiger partial charge in [0.1, 0.15) is 5.75 Å². The lowest BCUT2D eigenvalue weighted by Crippen LogP contribution is -2.05. The van der Waals surface area contributed by atoms with Crippen LogP contribution in [0.2, 0.25) is 0 Å². The molecule has 0 unspecified atom stereocenters. The van der Waals surface area contributed by atoms with E-state index >= 15 is 0 Å². The molecule has 0 amide bonds. The molecule has 0 aliphatic carbocycles. The van der Waals surface area contributed by atoms with Crippen molar-refractivity contribution in [3.8, 4) is 16.9 Å². The van der Waals surface area contributed by atoms with Crippen molar-refractivity contribution >= 4 is 0 Å². The molecule has 1 heterocycles. The molecule has 2 rings (SSSR count). The van der Waals surface area contributed by atoms with E-state index in [4.69, 9.17) is 4.74 Å². The number of hydrogen-bond donors (Lipinski definition) is 1.